The fraction of sp³-hybridized carbons (Fsp3) is 0.260. The van der Waals surface area contributed by atoms with Crippen LogP contribution in [0.3, 0.4) is 0 Å². The summed E-state index contributed by atoms with van der Waals surface area (Å²) in [5.41, 5.74) is 25.4. The molecule has 4 heteroatoms. The molecule has 0 saturated heterocycles. The first-order chi connectivity index (χ1) is 38.5. The first-order valence-corrected chi connectivity index (χ1v) is 28.9. The van der Waals surface area contributed by atoms with Crippen LogP contribution >= 0.6 is 0 Å². The Bertz CT molecular complexity index is 3830. The maximum Gasteiger partial charge on any atom is 3.00 e. The molecule has 10 aromatic rings. The minimum atomic E-state index is -0.191. The minimum Gasteiger partial charge on any atom is -0.304 e. The van der Waals surface area contributed by atoms with Crippen LogP contribution in [0.4, 0.5) is 0 Å². The molecule has 3 aromatic heterocycles. The first kappa shape index (κ1) is 55.5. The summed E-state index contributed by atoms with van der Waals surface area (Å²) in [6, 6.07) is 76.9. The predicted octanol–water partition coefficient (Wildman–Crippen LogP) is 17.9. The molecule has 12 aliphatic heterocycles. The summed E-state index contributed by atoms with van der Waals surface area (Å²) in [5.74, 6) is 0. The molecule has 0 amide bonds. The Labute approximate surface area is 495 Å². The van der Waals surface area contributed by atoms with E-state index in [-0.39, 0.29) is 41.8 Å². The average molecular weight is 1230 g/mol. The molecule has 0 atom stereocenters. The molecule has 18 bridgehead atoms. The molecule has 0 fully saturated rings. The van der Waals surface area contributed by atoms with Crippen LogP contribution < -0.4 is 0 Å². The molecule has 0 spiro atoms. The Kier molecular flexibility index (Phi) is 15.4. The van der Waals surface area contributed by atoms with Gasteiger partial charge < -0.3 is 15.0 Å². The standard InChI is InChI=1S/C77H72N3.Ir/c1-74(2)45-55-37-53-18-17-52-19-22-60(23-20-52)71-35-33-68(50-79-71)76(5,6)47-57-39-54(40-58(42-57)48-77(7,8)69-34-36-72(80-51-69)61-25-29-66(74)30-26-61)21-24-65-49-78-73(62-27-31-67(32-28-62)75(3,4)46-56(38-53)41-55)44-70(65)64-16-12-15-63(43-64)59-13-10-9-11-14-59;/h9-16,19-20,22,25,27,29-44,49-51H,17-18,21,24,45-48H2,1-8H3;/q-3;+3. The second-order valence-corrected chi connectivity index (χ2v) is 25.7. The van der Waals surface area contributed by atoms with Crippen molar-refractivity contribution in [2.75, 3.05) is 0 Å². The van der Waals surface area contributed by atoms with Crippen molar-refractivity contribution in [2.24, 2.45) is 0 Å². The van der Waals surface area contributed by atoms with Gasteiger partial charge in [-0.3, -0.25) is 0 Å². The second kappa shape index (κ2) is 22.5. The van der Waals surface area contributed by atoms with Gasteiger partial charge in [0.2, 0.25) is 0 Å². The van der Waals surface area contributed by atoms with E-state index < -0.39 is 0 Å². The van der Waals surface area contributed by atoms with Crippen LogP contribution in [0.15, 0.2) is 195 Å². The van der Waals surface area contributed by atoms with Crippen molar-refractivity contribution in [3.63, 3.8) is 0 Å². The molecule has 21 aliphatic rings. The van der Waals surface area contributed by atoms with E-state index in [1.807, 2.05) is 0 Å². The molecule has 0 radical (unpaired) electrons. The van der Waals surface area contributed by atoms with Crippen molar-refractivity contribution in [1.82, 2.24) is 15.0 Å². The zero-order chi connectivity index (χ0) is 55.2. The summed E-state index contributed by atoms with van der Waals surface area (Å²) >= 11 is 0. The number of rotatable bonds is 2. The quantitative estimate of drug-likeness (QED) is 0.162. The minimum absolute atomic E-state index is 0. The maximum absolute atomic E-state index is 5.26. The number of aryl methyl sites for hydroxylation is 4. The Morgan fingerprint density at radius 2 is 0.741 bits per heavy atom. The van der Waals surface area contributed by atoms with E-state index in [1.54, 1.807) is 0 Å². The Hall–Kier alpha value is -7.36. The molecule has 31 rings (SSSR count). The molecule has 7 aromatic carbocycles. The zero-order valence-electron chi connectivity index (χ0n) is 48.3. The van der Waals surface area contributed by atoms with Crippen LogP contribution in [-0.2, 0) is 93.1 Å². The molecule has 0 N–H and O–H groups in total. The fourth-order valence-corrected chi connectivity index (χ4v) is 12.7. The SMILES string of the molecule is CC1(C)Cc2cc3cc(c2)CC(C)(C)c2c[c-]c(cc2)-c2cc(-c4cccc(-c5ccccc5)c4)c(cn2)CCc2cc(cc(c2)CC(C)(C)c2ccc(nc2)-c2[c-]cc1cc2)CC(C)(C)c1ccc(nc1)-c1[c-]cc(cc1)CC3.[Ir+3]. The molecule has 404 valence electrons. The number of hydrogen-bond acceptors (Lipinski definition) is 3. The molecule has 3 nitrogen and oxygen atoms in total. The maximum atomic E-state index is 5.26. The van der Waals surface area contributed by atoms with Crippen LogP contribution in [-0.4, -0.2) is 15.0 Å². The summed E-state index contributed by atoms with van der Waals surface area (Å²) in [4.78, 5) is 15.5. The summed E-state index contributed by atoms with van der Waals surface area (Å²) in [7, 11) is 0. The summed E-state index contributed by atoms with van der Waals surface area (Å²) in [5, 5.41) is 0. The van der Waals surface area contributed by atoms with Gasteiger partial charge in [0.15, 0.2) is 0 Å². The van der Waals surface area contributed by atoms with E-state index >= 15 is 0 Å². The van der Waals surface area contributed by atoms with E-state index in [4.69, 9.17) is 15.0 Å². The monoisotopic (exact) mass is 1230 g/mol. The average Bonchev–Trinajstić information content (AvgIpc) is 3.47. The van der Waals surface area contributed by atoms with Crippen molar-refractivity contribution in [3.8, 4) is 56.0 Å². The van der Waals surface area contributed by atoms with Gasteiger partial charge in [-0.15, -0.1) is 106 Å². The third kappa shape index (κ3) is 12.3. The van der Waals surface area contributed by atoms with Gasteiger partial charge in [-0.25, -0.2) is 0 Å². The Balaban J connectivity index is 0.00000690. The molecule has 9 aliphatic carbocycles. The van der Waals surface area contributed by atoms with Crippen molar-refractivity contribution in [1.29, 1.82) is 0 Å². The molecular weight excluding hydrogens is 1160 g/mol. The van der Waals surface area contributed by atoms with Crippen LogP contribution in [0.5, 0.6) is 0 Å². The fourth-order valence-electron chi connectivity index (χ4n) is 12.7. The van der Waals surface area contributed by atoms with Crippen molar-refractivity contribution < 1.29 is 20.1 Å². The summed E-state index contributed by atoms with van der Waals surface area (Å²) in [6.07, 6.45) is 13.4. The number of pyridine rings is 3. The van der Waals surface area contributed by atoms with Gasteiger partial charge in [-0.2, -0.15) is 0 Å². The van der Waals surface area contributed by atoms with Crippen LogP contribution in [0.25, 0.3) is 56.0 Å². The number of nitrogens with zero attached hydrogens (tertiary/aromatic N) is 3. The molecule has 81 heavy (non-hydrogen) atoms. The molecule has 0 saturated carbocycles. The van der Waals surface area contributed by atoms with Gasteiger partial charge in [0.1, 0.15) is 0 Å². The molecule has 0 unspecified atom stereocenters. The van der Waals surface area contributed by atoms with Gasteiger partial charge in [0.05, 0.1) is 0 Å². The van der Waals surface area contributed by atoms with Crippen LogP contribution in [0.1, 0.15) is 122 Å². The van der Waals surface area contributed by atoms with Crippen LogP contribution in [0.2, 0.25) is 0 Å². The van der Waals surface area contributed by atoms with Gasteiger partial charge in [0, 0.05) is 18.6 Å². The topological polar surface area (TPSA) is 38.7 Å². The zero-order valence-corrected chi connectivity index (χ0v) is 50.7. The van der Waals surface area contributed by atoms with Crippen molar-refractivity contribution >= 4 is 0 Å². The van der Waals surface area contributed by atoms with Crippen molar-refractivity contribution in [2.45, 2.75) is 128 Å². The number of hydrogen-bond donors (Lipinski definition) is 0. The van der Waals surface area contributed by atoms with Gasteiger partial charge in [-0.05, 0) is 162 Å². The smallest absolute Gasteiger partial charge is 0.304 e. The van der Waals surface area contributed by atoms with E-state index in [9.17, 15) is 0 Å². The Morgan fingerprint density at radius 1 is 0.321 bits per heavy atom. The molecule has 15 heterocycles. The van der Waals surface area contributed by atoms with E-state index in [2.05, 4.69) is 268 Å². The van der Waals surface area contributed by atoms with E-state index in [0.717, 1.165) is 85.1 Å². The van der Waals surface area contributed by atoms with E-state index in [0.29, 0.717) is 0 Å². The van der Waals surface area contributed by atoms with E-state index in [1.165, 1.54) is 89.0 Å². The Morgan fingerprint density at radius 3 is 1.22 bits per heavy atom. The summed E-state index contributed by atoms with van der Waals surface area (Å²) in [6.45, 7) is 18.9. The number of benzene rings is 7. The normalized spacial score (nSPS) is 16.0. The van der Waals surface area contributed by atoms with Crippen molar-refractivity contribution in [3.05, 3.63) is 279 Å². The van der Waals surface area contributed by atoms with Gasteiger partial charge in [-0.1, -0.05) is 177 Å². The molecular formula is C77H72IrN3. The third-order valence-corrected chi connectivity index (χ3v) is 17.4. The van der Waals surface area contributed by atoms with Gasteiger partial charge >= 0.3 is 20.1 Å². The first-order valence-electron chi connectivity index (χ1n) is 28.9. The second-order valence-electron chi connectivity index (χ2n) is 25.7. The third-order valence-electron chi connectivity index (χ3n) is 17.4. The van der Waals surface area contributed by atoms with Crippen LogP contribution in [0, 0.1) is 18.2 Å². The van der Waals surface area contributed by atoms with Gasteiger partial charge in [0.25, 0.3) is 0 Å². The predicted molar refractivity (Wildman–Crippen MR) is 331 cm³/mol. The largest absolute Gasteiger partial charge is 3.00 e. The number of aromatic nitrogens is 3. The summed E-state index contributed by atoms with van der Waals surface area (Å²) < 4.78 is 0.